The highest BCUT2D eigenvalue weighted by molar-refractivity contribution is 5.53. The summed E-state index contributed by atoms with van der Waals surface area (Å²) in [5, 5.41) is 10.7. The summed E-state index contributed by atoms with van der Waals surface area (Å²) in [5.74, 6) is 3.14. The number of anilines is 3. The molecule has 3 heterocycles. The van der Waals surface area contributed by atoms with Gasteiger partial charge in [-0.2, -0.15) is 10.1 Å². The molecular weight excluding hydrogens is 264 g/mol. The van der Waals surface area contributed by atoms with E-state index < -0.39 is 0 Å². The zero-order valence-electron chi connectivity index (χ0n) is 12.0. The number of H-pyrrole nitrogens is 1. The number of rotatable bonds is 4. The number of aromatic amines is 1. The largest absolute Gasteiger partial charge is 0.341 e. The minimum absolute atomic E-state index is 0. The van der Waals surface area contributed by atoms with Crippen molar-refractivity contribution in [2.45, 2.75) is 38.0 Å². The van der Waals surface area contributed by atoms with Gasteiger partial charge in [-0.1, -0.05) is 0 Å². The molecule has 4 rings (SSSR count). The van der Waals surface area contributed by atoms with Crippen LogP contribution in [0.5, 0.6) is 0 Å². The molecule has 0 bridgehead atoms. The molecule has 21 heavy (non-hydrogen) atoms. The number of hydrogen-bond acceptors (Lipinski definition) is 5. The van der Waals surface area contributed by atoms with Crippen LogP contribution in [0.25, 0.3) is 0 Å². The SMILES string of the molecule is [HH].[HH].c1cc(Nc2cc(C3CC3)[nH]n2)nc(N2CCCCC2)n1. The van der Waals surface area contributed by atoms with Crippen LogP contribution in [-0.4, -0.2) is 33.3 Å². The van der Waals surface area contributed by atoms with Crippen LogP contribution in [-0.2, 0) is 0 Å². The van der Waals surface area contributed by atoms with Gasteiger partial charge in [-0.05, 0) is 38.2 Å². The van der Waals surface area contributed by atoms with Crippen molar-refractivity contribution in [3.8, 4) is 0 Å². The summed E-state index contributed by atoms with van der Waals surface area (Å²) >= 11 is 0. The van der Waals surface area contributed by atoms with Gasteiger partial charge in [0.15, 0.2) is 5.82 Å². The molecule has 2 aromatic rings. The Morgan fingerprint density at radius 3 is 2.86 bits per heavy atom. The van der Waals surface area contributed by atoms with Gasteiger partial charge in [-0.3, -0.25) is 5.10 Å². The van der Waals surface area contributed by atoms with E-state index in [1.807, 2.05) is 12.3 Å². The summed E-state index contributed by atoms with van der Waals surface area (Å²) in [6.45, 7) is 2.11. The Labute approximate surface area is 127 Å². The molecule has 0 atom stereocenters. The molecule has 1 aliphatic carbocycles. The van der Waals surface area contributed by atoms with Gasteiger partial charge in [-0.25, -0.2) is 4.98 Å². The molecule has 2 N–H and O–H groups in total. The Kier molecular flexibility index (Phi) is 3.21. The second-order valence-corrected chi connectivity index (χ2v) is 5.90. The molecule has 2 fully saturated rings. The topological polar surface area (TPSA) is 69.7 Å². The predicted molar refractivity (Wildman–Crippen MR) is 86.2 cm³/mol. The van der Waals surface area contributed by atoms with Gasteiger partial charge in [-0.15, -0.1) is 0 Å². The average Bonchev–Trinajstić information content (AvgIpc) is 3.29. The molecular formula is C15H24N6. The molecule has 0 radical (unpaired) electrons. The number of hydrogen-bond donors (Lipinski definition) is 2. The Bertz CT molecular complexity index is 622. The maximum Gasteiger partial charge on any atom is 0.227 e. The molecule has 1 aliphatic heterocycles. The lowest BCUT2D eigenvalue weighted by molar-refractivity contribution is 0.568. The standard InChI is InChI=1S/C15H20N6.2H2/c1-2-8-21(9-3-1)15-16-7-6-13(18-15)17-14-10-12(19-20-14)11-4-5-11;;/h6-7,10-11H,1-5,8-9H2,(H2,16,17,18,19,20);2*1H. The highest BCUT2D eigenvalue weighted by Gasteiger charge is 2.25. The zero-order chi connectivity index (χ0) is 14.1. The lowest BCUT2D eigenvalue weighted by Crippen LogP contribution is -2.31. The average molecular weight is 288 g/mol. The first-order valence-corrected chi connectivity index (χ1v) is 7.79. The smallest absolute Gasteiger partial charge is 0.227 e. The molecule has 0 aromatic carbocycles. The lowest BCUT2D eigenvalue weighted by atomic mass is 10.1. The Morgan fingerprint density at radius 2 is 2.05 bits per heavy atom. The van der Waals surface area contributed by atoms with E-state index in [4.69, 9.17) is 0 Å². The van der Waals surface area contributed by atoms with Gasteiger partial charge in [0.2, 0.25) is 5.95 Å². The monoisotopic (exact) mass is 288 g/mol. The van der Waals surface area contributed by atoms with E-state index in [0.717, 1.165) is 30.7 Å². The molecule has 2 aromatic heterocycles. The Hall–Kier alpha value is -2.11. The maximum atomic E-state index is 4.61. The van der Waals surface area contributed by atoms with Crippen molar-refractivity contribution >= 4 is 17.6 Å². The third-order valence-corrected chi connectivity index (χ3v) is 4.15. The van der Waals surface area contributed by atoms with Crippen molar-refractivity contribution in [3.05, 3.63) is 24.0 Å². The molecule has 6 nitrogen and oxygen atoms in total. The number of aromatic nitrogens is 4. The van der Waals surface area contributed by atoms with Gasteiger partial charge >= 0.3 is 0 Å². The summed E-state index contributed by atoms with van der Waals surface area (Å²) in [6, 6.07) is 3.97. The molecule has 0 unspecified atom stereocenters. The summed E-state index contributed by atoms with van der Waals surface area (Å²) in [4.78, 5) is 11.3. The van der Waals surface area contributed by atoms with E-state index in [-0.39, 0.29) is 2.85 Å². The molecule has 0 amide bonds. The second kappa shape index (κ2) is 5.35. The first-order valence-electron chi connectivity index (χ1n) is 7.79. The maximum absolute atomic E-state index is 4.61. The first kappa shape index (κ1) is 12.6. The molecule has 114 valence electrons. The fraction of sp³-hybridized carbons (Fsp3) is 0.533. The van der Waals surface area contributed by atoms with Crippen LogP contribution in [0, 0.1) is 0 Å². The third kappa shape index (κ3) is 2.84. The van der Waals surface area contributed by atoms with Crippen LogP contribution in [0.2, 0.25) is 0 Å². The van der Waals surface area contributed by atoms with Gasteiger partial charge in [0, 0.05) is 39.8 Å². The molecule has 1 saturated heterocycles. The second-order valence-electron chi connectivity index (χ2n) is 5.90. The Morgan fingerprint density at radius 1 is 1.19 bits per heavy atom. The van der Waals surface area contributed by atoms with Crippen LogP contribution in [0.4, 0.5) is 17.6 Å². The summed E-state index contributed by atoms with van der Waals surface area (Å²) in [5.41, 5.74) is 1.22. The van der Waals surface area contributed by atoms with Gasteiger partial charge in [0.05, 0.1) is 0 Å². The van der Waals surface area contributed by atoms with Crippen molar-refractivity contribution in [3.63, 3.8) is 0 Å². The molecule has 1 saturated carbocycles. The van der Waals surface area contributed by atoms with Crippen molar-refractivity contribution < 1.29 is 2.85 Å². The van der Waals surface area contributed by atoms with E-state index in [1.165, 1.54) is 37.8 Å². The van der Waals surface area contributed by atoms with Crippen LogP contribution in [0.3, 0.4) is 0 Å². The molecule has 6 heteroatoms. The number of nitrogens with one attached hydrogen (secondary N) is 2. The van der Waals surface area contributed by atoms with E-state index in [1.54, 1.807) is 0 Å². The van der Waals surface area contributed by atoms with Crippen molar-refractivity contribution in [2.75, 3.05) is 23.3 Å². The van der Waals surface area contributed by atoms with Gasteiger partial charge in [0.25, 0.3) is 0 Å². The predicted octanol–water partition coefficient (Wildman–Crippen LogP) is 3.30. The molecule has 0 spiro atoms. The summed E-state index contributed by atoms with van der Waals surface area (Å²) < 4.78 is 0. The van der Waals surface area contributed by atoms with E-state index in [2.05, 4.69) is 36.4 Å². The van der Waals surface area contributed by atoms with Crippen LogP contribution in [0.15, 0.2) is 18.3 Å². The quantitative estimate of drug-likeness (QED) is 0.903. The normalized spacial score (nSPS) is 18.8. The summed E-state index contributed by atoms with van der Waals surface area (Å²) in [7, 11) is 0. The summed E-state index contributed by atoms with van der Waals surface area (Å²) in [6.07, 6.45) is 8.12. The van der Waals surface area contributed by atoms with Crippen molar-refractivity contribution in [1.29, 1.82) is 0 Å². The Balaban J connectivity index is 0.000000960. The van der Waals surface area contributed by atoms with Crippen molar-refractivity contribution in [2.24, 2.45) is 0 Å². The lowest BCUT2D eigenvalue weighted by Gasteiger charge is -2.26. The van der Waals surface area contributed by atoms with E-state index in [0.29, 0.717) is 5.92 Å². The highest BCUT2D eigenvalue weighted by Crippen LogP contribution is 2.39. The fourth-order valence-corrected chi connectivity index (χ4v) is 2.80. The third-order valence-electron chi connectivity index (χ3n) is 4.15. The zero-order valence-corrected chi connectivity index (χ0v) is 12.0. The van der Waals surface area contributed by atoms with Crippen LogP contribution < -0.4 is 10.2 Å². The van der Waals surface area contributed by atoms with Gasteiger partial charge < -0.3 is 10.2 Å². The van der Waals surface area contributed by atoms with E-state index in [9.17, 15) is 0 Å². The van der Waals surface area contributed by atoms with Crippen molar-refractivity contribution in [1.82, 2.24) is 20.2 Å². The first-order chi connectivity index (χ1) is 10.4. The highest BCUT2D eigenvalue weighted by atomic mass is 15.3. The van der Waals surface area contributed by atoms with Gasteiger partial charge in [0.1, 0.15) is 5.82 Å². The molecule has 2 aliphatic rings. The number of piperidine rings is 1. The number of nitrogens with zero attached hydrogens (tertiary/aromatic N) is 4. The minimum Gasteiger partial charge on any atom is -0.341 e. The minimum atomic E-state index is 0. The fourth-order valence-electron chi connectivity index (χ4n) is 2.80. The van der Waals surface area contributed by atoms with Crippen LogP contribution in [0.1, 0.15) is 46.6 Å². The van der Waals surface area contributed by atoms with E-state index >= 15 is 0 Å². The van der Waals surface area contributed by atoms with Crippen LogP contribution >= 0.6 is 0 Å².